The first-order valence-corrected chi connectivity index (χ1v) is 7.55. The van der Waals surface area contributed by atoms with Gasteiger partial charge in [-0.05, 0) is 25.5 Å². The highest BCUT2D eigenvalue weighted by Gasteiger charge is 2.28. The Morgan fingerprint density at radius 1 is 1.26 bits per heavy atom. The quantitative estimate of drug-likeness (QED) is 0.901. The molecule has 1 aliphatic heterocycles. The molecule has 3 rings (SSSR count). The standard InChI is InChI=1S/C16H20N4O3/c1-11-3-4-12(9-18-11)23-14-10-22-8-6-13(14)19-16-17-7-5-15(20-16)21-2/h3-5,7,9,13-14H,6,8,10H2,1-2H3,(H,17,19,20)/t13-,14+/m0/s1. The second-order valence-electron chi connectivity index (χ2n) is 5.33. The second kappa shape index (κ2) is 7.23. The maximum Gasteiger partial charge on any atom is 0.226 e. The molecule has 2 aromatic rings. The summed E-state index contributed by atoms with van der Waals surface area (Å²) in [5.41, 5.74) is 0.955. The van der Waals surface area contributed by atoms with Crippen LogP contribution in [0.15, 0.2) is 30.6 Å². The van der Waals surface area contributed by atoms with Crippen LogP contribution in [0.3, 0.4) is 0 Å². The van der Waals surface area contributed by atoms with E-state index < -0.39 is 0 Å². The van der Waals surface area contributed by atoms with Crippen LogP contribution in [-0.4, -0.2) is 47.4 Å². The molecule has 7 heteroatoms. The van der Waals surface area contributed by atoms with E-state index >= 15 is 0 Å². The summed E-state index contributed by atoms with van der Waals surface area (Å²) in [5.74, 6) is 1.77. The maximum atomic E-state index is 6.01. The van der Waals surface area contributed by atoms with Crippen molar-refractivity contribution >= 4 is 5.95 Å². The highest BCUT2D eigenvalue weighted by Crippen LogP contribution is 2.20. The van der Waals surface area contributed by atoms with E-state index in [1.54, 1.807) is 25.6 Å². The van der Waals surface area contributed by atoms with Gasteiger partial charge in [0.2, 0.25) is 11.8 Å². The normalized spacial score (nSPS) is 20.8. The first-order valence-electron chi connectivity index (χ1n) is 7.55. The summed E-state index contributed by atoms with van der Waals surface area (Å²) in [4.78, 5) is 12.8. The van der Waals surface area contributed by atoms with Crippen LogP contribution in [0.2, 0.25) is 0 Å². The zero-order valence-corrected chi connectivity index (χ0v) is 13.2. The van der Waals surface area contributed by atoms with Gasteiger partial charge in [0.05, 0.1) is 26.0 Å². The van der Waals surface area contributed by atoms with E-state index in [9.17, 15) is 0 Å². The van der Waals surface area contributed by atoms with Crippen LogP contribution in [0.4, 0.5) is 5.95 Å². The van der Waals surface area contributed by atoms with Crippen LogP contribution in [0.25, 0.3) is 0 Å². The summed E-state index contributed by atoms with van der Waals surface area (Å²) >= 11 is 0. The molecule has 0 bridgehead atoms. The third-order valence-electron chi connectivity index (χ3n) is 3.63. The lowest BCUT2D eigenvalue weighted by Gasteiger charge is -2.32. The number of nitrogens with one attached hydrogen (secondary N) is 1. The van der Waals surface area contributed by atoms with Crippen molar-refractivity contribution in [1.29, 1.82) is 0 Å². The van der Waals surface area contributed by atoms with Gasteiger partial charge >= 0.3 is 0 Å². The summed E-state index contributed by atoms with van der Waals surface area (Å²) in [6.07, 6.45) is 4.06. The molecule has 2 aromatic heterocycles. The number of ether oxygens (including phenoxy) is 3. The molecule has 122 valence electrons. The Morgan fingerprint density at radius 3 is 2.96 bits per heavy atom. The molecular weight excluding hydrogens is 296 g/mol. The van der Waals surface area contributed by atoms with Gasteiger partial charge in [-0.15, -0.1) is 0 Å². The van der Waals surface area contributed by atoms with Crippen molar-refractivity contribution in [1.82, 2.24) is 15.0 Å². The lowest BCUT2D eigenvalue weighted by Crippen LogP contribution is -2.45. The molecule has 1 fully saturated rings. The van der Waals surface area contributed by atoms with E-state index in [2.05, 4.69) is 20.3 Å². The minimum atomic E-state index is -0.136. The minimum Gasteiger partial charge on any atom is -0.484 e. The number of anilines is 1. The highest BCUT2D eigenvalue weighted by molar-refractivity contribution is 5.30. The van der Waals surface area contributed by atoms with Crippen molar-refractivity contribution in [2.24, 2.45) is 0 Å². The Kier molecular flexibility index (Phi) is 4.87. The van der Waals surface area contributed by atoms with Crippen LogP contribution >= 0.6 is 0 Å². The Morgan fingerprint density at radius 2 is 2.17 bits per heavy atom. The van der Waals surface area contributed by atoms with Gasteiger partial charge in [0.15, 0.2) is 0 Å². The van der Waals surface area contributed by atoms with Gasteiger partial charge in [-0.1, -0.05) is 0 Å². The third-order valence-corrected chi connectivity index (χ3v) is 3.63. The molecule has 0 unspecified atom stereocenters. The summed E-state index contributed by atoms with van der Waals surface area (Å²) < 4.78 is 16.7. The number of hydrogen-bond acceptors (Lipinski definition) is 7. The summed E-state index contributed by atoms with van der Waals surface area (Å²) in [6, 6.07) is 5.60. The Hall–Kier alpha value is -2.41. The lowest BCUT2D eigenvalue weighted by atomic mass is 10.1. The zero-order valence-electron chi connectivity index (χ0n) is 13.2. The van der Waals surface area contributed by atoms with E-state index in [0.29, 0.717) is 25.0 Å². The fourth-order valence-electron chi connectivity index (χ4n) is 2.38. The summed E-state index contributed by atoms with van der Waals surface area (Å²) in [6.45, 7) is 3.13. The Balaban J connectivity index is 1.69. The molecule has 1 saturated heterocycles. The number of aryl methyl sites for hydroxylation is 1. The third kappa shape index (κ3) is 4.07. The predicted molar refractivity (Wildman–Crippen MR) is 84.8 cm³/mol. The molecule has 7 nitrogen and oxygen atoms in total. The molecule has 23 heavy (non-hydrogen) atoms. The predicted octanol–water partition coefficient (Wildman–Crippen LogP) is 1.84. The van der Waals surface area contributed by atoms with Crippen LogP contribution in [0.5, 0.6) is 11.6 Å². The number of rotatable bonds is 5. The topological polar surface area (TPSA) is 78.4 Å². The van der Waals surface area contributed by atoms with E-state index in [0.717, 1.165) is 17.9 Å². The SMILES string of the molecule is COc1ccnc(N[C@H]2CCOC[C@H]2Oc2ccc(C)nc2)n1. The van der Waals surface area contributed by atoms with Crippen molar-refractivity contribution < 1.29 is 14.2 Å². The molecule has 3 heterocycles. The fourth-order valence-corrected chi connectivity index (χ4v) is 2.38. The molecular formula is C16H20N4O3. The van der Waals surface area contributed by atoms with Crippen molar-refractivity contribution in [3.63, 3.8) is 0 Å². The van der Waals surface area contributed by atoms with Crippen molar-refractivity contribution in [3.8, 4) is 11.6 Å². The molecule has 0 aromatic carbocycles. The molecule has 1 N–H and O–H groups in total. The van der Waals surface area contributed by atoms with Gasteiger partial charge in [-0.3, -0.25) is 4.98 Å². The number of aromatic nitrogens is 3. The van der Waals surface area contributed by atoms with E-state index in [1.165, 1.54) is 0 Å². The van der Waals surface area contributed by atoms with E-state index in [4.69, 9.17) is 14.2 Å². The number of nitrogens with zero attached hydrogens (tertiary/aromatic N) is 3. The van der Waals surface area contributed by atoms with Gasteiger partial charge in [0.25, 0.3) is 0 Å². The lowest BCUT2D eigenvalue weighted by molar-refractivity contribution is -0.000868. The maximum absolute atomic E-state index is 6.01. The van der Waals surface area contributed by atoms with E-state index in [-0.39, 0.29) is 12.1 Å². The number of pyridine rings is 1. The van der Waals surface area contributed by atoms with Gasteiger partial charge in [-0.25, -0.2) is 4.98 Å². The molecule has 0 radical (unpaired) electrons. The van der Waals surface area contributed by atoms with Crippen LogP contribution in [0.1, 0.15) is 12.1 Å². The molecule has 1 aliphatic rings. The average Bonchev–Trinajstić information content (AvgIpc) is 2.59. The Labute approximate surface area is 135 Å². The van der Waals surface area contributed by atoms with Crippen molar-refractivity contribution in [3.05, 3.63) is 36.3 Å². The summed E-state index contributed by atoms with van der Waals surface area (Å²) in [7, 11) is 1.58. The highest BCUT2D eigenvalue weighted by atomic mass is 16.5. The molecule has 0 saturated carbocycles. The minimum absolute atomic E-state index is 0.0529. The largest absolute Gasteiger partial charge is 0.484 e. The number of hydrogen-bond donors (Lipinski definition) is 1. The van der Waals surface area contributed by atoms with Crippen LogP contribution < -0.4 is 14.8 Å². The van der Waals surface area contributed by atoms with Crippen molar-refractivity contribution in [2.45, 2.75) is 25.5 Å². The average molecular weight is 316 g/mol. The van der Waals surface area contributed by atoms with Gasteiger partial charge < -0.3 is 19.5 Å². The number of methoxy groups -OCH3 is 1. The van der Waals surface area contributed by atoms with Crippen LogP contribution in [0, 0.1) is 6.92 Å². The van der Waals surface area contributed by atoms with Crippen molar-refractivity contribution in [2.75, 3.05) is 25.6 Å². The zero-order chi connectivity index (χ0) is 16.1. The van der Waals surface area contributed by atoms with Gasteiger partial charge in [0.1, 0.15) is 11.9 Å². The van der Waals surface area contributed by atoms with E-state index in [1.807, 2.05) is 19.1 Å². The second-order valence-corrected chi connectivity index (χ2v) is 5.33. The molecule has 0 spiro atoms. The first-order chi connectivity index (χ1) is 11.2. The monoisotopic (exact) mass is 316 g/mol. The smallest absolute Gasteiger partial charge is 0.226 e. The Bertz CT molecular complexity index is 635. The molecule has 2 atom stereocenters. The molecule has 0 amide bonds. The van der Waals surface area contributed by atoms with Gasteiger partial charge in [0, 0.05) is 24.6 Å². The fraction of sp³-hybridized carbons (Fsp3) is 0.438. The first kappa shape index (κ1) is 15.5. The molecule has 0 aliphatic carbocycles. The summed E-state index contributed by atoms with van der Waals surface area (Å²) in [5, 5.41) is 3.31. The van der Waals surface area contributed by atoms with Gasteiger partial charge in [-0.2, -0.15) is 4.98 Å². The van der Waals surface area contributed by atoms with Crippen LogP contribution in [-0.2, 0) is 4.74 Å².